The van der Waals surface area contributed by atoms with Crippen molar-refractivity contribution in [3.63, 3.8) is 0 Å². The van der Waals surface area contributed by atoms with Crippen molar-refractivity contribution in [2.75, 3.05) is 18.0 Å². The Morgan fingerprint density at radius 2 is 1.94 bits per heavy atom. The van der Waals surface area contributed by atoms with E-state index in [1.807, 2.05) is 6.07 Å². The zero-order valence-electron chi connectivity index (χ0n) is 17.7. The molecule has 1 atom stereocenters. The highest BCUT2D eigenvalue weighted by molar-refractivity contribution is 5.75. The minimum Gasteiger partial charge on any atom is -0.341 e. The summed E-state index contributed by atoms with van der Waals surface area (Å²) in [5, 5.41) is 18.7. The van der Waals surface area contributed by atoms with E-state index >= 15 is 0 Å². The van der Waals surface area contributed by atoms with Gasteiger partial charge in [-0.05, 0) is 37.5 Å². The molecule has 1 fully saturated rings. The molecule has 2 N–H and O–H groups in total. The molecule has 0 spiro atoms. The van der Waals surface area contributed by atoms with Gasteiger partial charge in [-0.3, -0.25) is 13.9 Å². The van der Waals surface area contributed by atoms with Crippen LogP contribution in [0, 0.1) is 34.5 Å². The van der Waals surface area contributed by atoms with Gasteiger partial charge in [0.05, 0.1) is 24.7 Å². The summed E-state index contributed by atoms with van der Waals surface area (Å²) in [4.78, 5) is 24.6. The number of hydrogen-bond donors (Lipinski definition) is 1. The van der Waals surface area contributed by atoms with Crippen molar-refractivity contribution in [1.82, 2.24) is 19.1 Å². The number of piperidine rings is 1. The van der Waals surface area contributed by atoms with Gasteiger partial charge in [-0.25, -0.2) is 0 Å². The third-order valence-corrected chi connectivity index (χ3v) is 5.52. The van der Waals surface area contributed by atoms with Crippen molar-refractivity contribution in [3.8, 4) is 24.0 Å². The van der Waals surface area contributed by atoms with Crippen LogP contribution < -0.4 is 16.2 Å². The molecule has 9 heteroatoms. The standard InChI is InChI=1S/C23H22N8O/c1-2-3-11-30-20-21(28-23(30)29-10-4-5-18(26)15-29)27-19(13-25)31(22(20)32)14-17-8-6-16(12-24)7-9-17/h6-9,18H,4-5,10-11,14-15,26H2,1H3. The molecule has 3 heterocycles. The molecular weight excluding hydrogens is 404 g/mol. The largest absolute Gasteiger partial charge is 0.341 e. The van der Waals surface area contributed by atoms with Crippen molar-refractivity contribution >= 4 is 17.1 Å². The van der Waals surface area contributed by atoms with Crippen LogP contribution in [0.5, 0.6) is 0 Å². The van der Waals surface area contributed by atoms with E-state index in [9.17, 15) is 10.1 Å². The average molecular weight is 426 g/mol. The Hall–Kier alpha value is -4.13. The van der Waals surface area contributed by atoms with Crippen molar-refractivity contribution in [3.05, 3.63) is 51.6 Å². The maximum absolute atomic E-state index is 13.5. The van der Waals surface area contributed by atoms with E-state index in [4.69, 9.17) is 11.0 Å². The Kier molecular flexibility index (Phi) is 5.89. The molecule has 1 aliphatic rings. The predicted molar refractivity (Wildman–Crippen MR) is 120 cm³/mol. The number of anilines is 1. The number of nitriles is 2. The molecule has 1 aliphatic heterocycles. The zero-order chi connectivity index (χ0) is 22.7. The summed E-state index contributed by atoms with van der Waals surface area (Å²) >= 11 is 0. The number of rotatable bonds is 4. The molecule has 1 aromatic carbocycles. The molecule has 0 saturated carbocycles. The van der Waals surface area contributed by atoms with Gasteiger partial charge < -0.3 is 10.6 Å². The van der Waals surface area contributed by atoms with E-state index in [2.05, 4.69) is 32.8 Å². The minimum absolute atomic E-state index is 0.0139. The fourth-order valence-electron chi connectivity index (χ4n) is 3.94. The molecule has 0 bridgehead atoms. The SMILES string of the molecule is CC#CCn1c(N2CCCC(N)C2)nc2nc(C#N)n(Cc3ccc(C#N)cc3)c(=O)c21. The van der Waals surface area contributed by atoms with Crippen LogP contribution >= 0.6 is 0 Å². The maximum Gasteiger partial charge on any atom is 0.281 e. The van der Waals surface area contributed by atoms with Crippen molar-refractivity contribution in [1.29, 1.82) is 10.5 Å². The third-order valence-electron chi connectivity index (χ3n) is 5.52. The number of aromatic nitrogens is 4. The second kappa shape index (κ2) is 8.93. The number of fused-ring (bicyclic) bond motifs is 1. The van der Waals surface area contributed by atoms with Crippen LogP contribution in [0.15, 0.2) is 29.1 Å². The van der Waals surface area contributed by atoms with Gasteiger partial charge >= 0.3 is 0 Å². The summed E-state index contributed by atoms with van der Waals surface area (Å²) in [6.45, 7) is 3.60. The molecule has 3 aromatic rings. The first-order valence-electron chi connectivity index (χ1n) is 10.4. The Bertz CT molecular complexity index is 1360. The minimum atomic E-state index is -0.353. The van der Waals surface area contributed by atoms with E-state index in [1.54, 1.807) is 35.8 Å². The lowest BCUT2D eigenvalue weighted by atomic mass is 10.1. The van der Waals surface area contributed by atoms with Crippen LogP contribution in [0.3, 0.4) is 0 Å². The molecule has 0 aliphatic carbocycles. The van der Waals surface area contributed by atoms with Gasteiger partial charge in [0.1, 0.15) is 6.07 Å². The van der Waals surface area contributed by atoms with E-state index < -0.39 is 0 Å². The van der Waals surface area contributed by atoms with E-state index in [0.29, 0.717) is 23.6 Å². The van der Waals surface area contributed by atoms with Gasteiger partial charge in [-0.15, -0.1) is 5.92 Å². The fraction of sp³-hybridized carbons (Fsp3) is 0.348. The lowest BCUT2D eigenvalue weighted by Crippen LogP contribution is -2.44. The van der Waals surface area contributed by atoms with Crippen molar-refractivity contribution in [2.45, 2.75) is 38.9 Å². The highest BCUT2D eigenvalue weighted by Gasteiger charge is 2.25. The zero-order valence-corrected chi connectivity index (χ0v) is 17.7. The first-order chi connectivity index (χ1) is 15.5. The van der Waals surface area contributed by atoms with Crippen LogP contribution in [-0.4, -0.2) is 38.2 Å². The van der Waals surface area contributed by atoms with Gasteiger partial charge in [-0.1, -0.05) is 18.1 Å². The van der Waals surface area contributed by atoms with Gasteiger partial charge in [0.2, 0.25) is 11.8 Å². The number of benzene rings is 1. The third kappa shape index (κ3) is 3.92. The topological polar surface area (TPSA) is 130 Å². The smallest absolute Gasteiger partial charge is 0.281 e. The summed E-state index contributed by atoms with van der Waals surface area (Å²) in [6, 6.07) is 11.0. The normalized spacial score (nSPS) is 15.6. The summed E-state index contributed by atoms with van der Waals surface area (Å²) in [7, 11) is 0. The van der Waals surface area contributed by atoms with E-state index in [1.165, 1.54) is 4.57 Å². The second-order valence-electron chi connectivity index (χ2n) is 7.69. The summed E-state index contributed by atoms with van der Waals surface area (Å²) in [6.07, 6.45) is 1.88. The lowest BCUT2D eigenvalue weighted by molar-refractivity contribution is 0.496. The molecule has 9 nitrogen and oxygen atoms in total. The molecule has 32 heavy (non-hydrogen) atoms. The predicted octanol–water partition coefficient (Wildman–Crippen LogP) is 1.34. The molecule has 1 saturated heterocycles. The number of imidazole rings is 1. The number of nitrogens with two attached hydrogens (primary N) is 1. The molecular formula is C23H22N8O. The molecule has 0 amide bonds. The fourth-order valence-corrected chi connectivity index (χ4v) is 3.94. The number of nitrogens with zero attached hydrogens (tertiary/aromatic N) is 7. The van der Waals surface area contributed by atoms with Crippen LogP contribution in [-0.2, 0) is 13.1 Å². The van der Waals surface area contributed by atoms with E-state index in [-0.39, 0.29) is 36.2 Å². The van der Waals surface area contributed by atoms with Gasteiger partial charge in [0, 0.05) is 19.1 Å². The van der Waals surface area contributed by atoms with Crippen molar-refractivity contribution < 1.29 is 0 Å². The Morgan fingerprint density at radius 1 is 1.16 bits per heavy atom. The lowest BCUT2D eigenvalue weighted by Gasteiger charge is -2.31. The van der Waals surface area contributed by atoms with Gasteiger partial charge in [-0.2, -0.15) is 20.5 Å². The molecule has 2 aromatic heterocycles. The summed E-state index contributed by atoms with van der Waals surface area (Å²) in [5.74, 6) is 6.47. The molecule has 0 radical (unpaired) electrons. The van der Waals surface area contributed by atoms with Crippen molar-refractivity contribution in [2.24, 2.45) is 5.73 Å². The second-order valence-corrected chi connectivity index (χ2v) is 7.69. The quantitative estimate of drug-likeness (QED) is 0.623. The monoisotopic (exact) mass is 426 g/mol. The Labute approximate surface area is 185 Å². The van der Waals surface area contributed by atoms with Crippen LogP contribution in [0.4, 0.5) is 5.95 Å². The summed E-state index contributed by atoms with van der Waals surface area (Å²) in [5.41, 5.74) is 7.66. The van der Waals surface area contributed by atoms with E-state index in [0.717, 1.165) is 24.9 Å². The maximum atomic E-state index is 13.5. The first-order valence-corrected chi connectivity index (χ1v) is 10.4. The molecule has 4 rings (SSSR count). The molecule has 1 unspecified atom stereocenters. The van der Waals surface area contributed by atoms with Crippen LogP contribution in [0.2, 0.25) is 0 Å². The number of hydrogen-bond acceptors (Lipinski definition) is 7. The summed E-state index contributed by atoms with van der Waals surface area (Å²) < 4.78 is 3.11. The Balaban J connectivity index is 1.87. The van der Waals surface area contributed by atoms with Gasteiger partial charge in [0.25, 0.3) is 5.56 Å². The molecule has 160 valence electrons. The highest BCUT2D eigenvalue weighted by Crippen LogP contribution is 2.23. The first kappa shape index (κ1) is 21.1. The van der Waals surface area contributed by atoms with Gasteiger partial charge in [0.15, 0.2) is 11.2 Å². The van der Waals surface area contributed by atoms with Crippen LogP contribution in [0.1, 0.15) is 36.7 Å². The van der Waals surface area contributed by atoms with Crippen LogP contribution in [0.25, 0.3) is 11.2 Å². The highest BCUT2D eigenvalue weighted by atomic mass is 16.1. The average Bonchev–Trinajstić information content (AvgIpc) is 3.18. The Morgan fingerprint density at radius 3 is 2.59 bits per heavy atom.